The van der Waals surface area contributed by atoms with Gasteiger partial charge < -0.3 is 25.8 Å². The topological polar surface area (TPSA) is 183 Å². The molecule has 1 aliphatic heterocycles. The van der Waals surface area contributed by atoms with Gasteiger partial charge in [0.1, 0.15) is 17.4 Å². The van der Waals surface area contributed by atoms with Crippen LogP contribution in [-0.4, -0.2) is 70.5 Å². The highest BCUT2D eigenvalue weighted by molar-refractivity contribution is 6.06. The zero-order valence-electron chi connectivity index (χ0n) is 22.1. The molecule has 3 amide bonds. The molecule has 3 rings (SSSR count). The van der Waals surface area contributed by atoms with Crippen LogP contribution in [0.1, 0.15) is 50.5 Å². The van der Waals surface area contributed by atoms with Crippen LogP contribution >= 0.6 is 0 Å². The first-order valence-electron chi connectivity index (χ1n) is 12.5. The monoisotopic (exact) mass is 544 g/mol. The van der Waals surface area contributed by atoms with Crippen molar-refractivity contribution in [1.82, 2.24) is 31.2 Å². The van der Waals surface area contributed by atoms with Crippen molar-refractivity contribution in [3.63, 3.8) is 0 Å². The standard InChI is InChI=1S/C25H33FN8O5/c1-25(2,3)20(22(37)29-14-17-31-32-24(39-17)23(38)28-11-13-35)30-21(36)18-15-8-7-9-16(26)19(15)34(33-18)12-6-4-5-10-27/h7-9,20,24,32,35H,4-6,11-14H2,1-3H3,(H,28,38)(H,29,37)(H,30,36). The van der Waals surface area contributed by atoms with Crippen LogP contribution in [0.5, 0.6) is 0 Å². The van der Waals surface area contributed by atoms with E-state index < -0.39 is 41.2 Å². The van der Waals surface area contributed by atoms with Crippen LogP contribution in [0.25, 0.3) is 10.9 Å². The summed E-state index contributed by atoms with van der Waals surface area (Å²) >= 11 is 0. The number of halogens is 1. The van der Waals surface area contributed by atoms with Crippen LogP contribution in [0.3, 0.4) is 0 Å². The lowest BCUT2D eigenvalue weighted by Gasteiger charge is -2.30. The molecule has 2 atom stereocenters. The molecule has 1 aromatic heterocycles. The Kier molecular flexibility index (Phi) is 9.78. The molecular formula is C25H33FN8O5. The van der Waals surface area contributed by atoms with Crippen molar-refractivity contribution in [3.8, 4) is 6.07 Å². The van der Waals surface area contributed by atoms with Crippen molar-refractivity contribution < 1.29 is 28.6 Å². The Morgan fingerprint density at radius 1 is 1.28 bits per heavy atom. The van der Waals surface area contributed by atoms with Crippen LogP contribution in [0.4, 0.5) is 4.39 Å². The molecule has 0 fully saturated rings. The molecule has 0 saturated carbocycles. The molecule has 1 aliphatic rings. The Morgan fingerprint density at radius 2 is 2.05 bits per heavy atom. The van der Waals surface area contributed by atoms with Gasteiger partial charge in [0.15, 0.2) is 5.69 Å². The largest absolute Gasteiger partial charge is 0.443 e. The van der Waals surface area contributed by atoms with Crippen molar-refractivity contribution in [2.24, 2.45) is 10.5 Å². The van der Waals surface area contributed by atoms with Crippen molar-refractivity contribution in [2.75, 3.05) is 19.7 Å². The summed E-state index contributed by atoms with van der Waals surface area (Å²) in [5, 5.41) is 33.9. The first-order chi connectivity index (χ1) is 18.6. The molecule has 0 bridgehead atoms. The van der Waals surface area contributed by atoms with Gasteiger partial charge in [-0.15, -0.1) is 5.10 Å². The number of rotatable bonds is 12. The zero-order valence-corrected chi connectivity index (χ0v) is 22.1. The van der Waals surface area contributed by atoms with Gasteiger partial charge in [0.25, 0.3) is 18.0 Å². The summed E-state index contributed by atoms with van der Waals surface area (Å²) in [6, 6.07) is 5.42. The van der Waals surface area contributed by atoms with Gasteiger partial charge in [0, 0.05) is 24.9 Å². The minimum Gasteiger partial charge on any atom is -0.443 e. The number of hydrazone groups is 1. The van der Waals surface area contributed by atoms with E-state index in [-0.39, 0.29) is 36.8 Å². The van der Waals surface area contributed by atoms with Gasteiger partial charge in [-0.3, -0.25) is 24.5 Å². The number of nitriles is 1. The highest BCUT2D eigenvalue weighted by Crippen LogP contribution is 2.24. The summed E-state index contributed by atoms with van der Waals surface area (Å²) in [5.41, 5.74) is 1.93. The Balaban J connectivity index is 1.70. The van der Waals surface area contributed by atoms with E-state index >= 15 is 0 Å². The predicted octanol–water partition coefficient (Wildman–Crippen LogP) is 0.498. The number of nitrogens with zero attached hydrogens (tertiary/aromatic N) is 4. The smallest absolute Gasteiger partial charge is 0.284 e. The Bertz CT molecular complexity index is 1280. The van der Waals surface area contributed by atoms with E-state index in [1.807, 2.05) is 0 Å². The molecule has 1 aromatic carbocycles. The molecular weight excluding hydrogens is 511 g/mol. The van der Waals surface area contributed by atoms with E-state index in [0.717, 1.165) is 0 Å². The van der Waals surface area contributed by atoms with Gasteiger partial charge in [-0.25, -0.2) is 4.39 Å². The number of aliphatic hydroxyl groups excluding tert-OH is 1. The fourth-order valence-corrected chi connectivity index (χ4v) is 3.91. The highest BCUT2D eigenvalue weighted by atomic mass is 19.1. The molecule has 39 heavy (non-hydrogen) atoms. The number of carbonyl (C=O) groups excluding carboxylic acids is 3. The third kappa shape index (κ3) is 7.41. The molecule has 0 spiro atoms. The van der Waals surface area contributed by atoms with E-state index in [4.69, 9.17) is 15.1 Å². The van der Waals surface area contributed by atoms with E-state index in [1.165, 1.54) is 16.8 Å². The quantitative estimate of drug-likeness (QED) is 0.239. The van der Waals surface area contributed by atoms with Crippen molar-refractivity contribution in [1.29, 1.82) is 5.26 Å². The van der Waals surface area contributed by atoms with E-state index in [2.05, 4.69) is 37.6 Å². The summed E-state index contributed by atoms with van der Waals surface area (Å²) in [7, 11) is 0. The maximum absolute atomic E-state index is 14.7. The average molecular weight is 545 g/mol. The fraction of sp³-hybridized carbons (Fsp3) is 0.520. The van der Waals surface area contributed by atoms with Gasteiger partial charge >= 0.3 is 0 Å². The van der Waals surface area contributed by atoms with Crippen LogP contribution in [-0.2, 0) is 20.9 Å². The highest BCUT2D eigenvalue weighted by Gasteiger charge is 2.35. The number of benzene rings is 1. The Labute approximate surface area is 224 Å². The van der Waals surface area contributed by atoms with Crippen molar-refractivity contribution in [2.45, 2.75) is 58.8 Å². The molecule has 0 aliphatic carbocycles. The van der Waals surface area contributed by atoms with Gasteiger partial charge in [-0.1, -0.05) is 32.9 Å². The first-order valence-corrected chi connectivity index (χ1v) is 12.5. The second-order valence-electron chi connectivity index (χ2n) is 9.96. The molecule has 5 N–H and O–H groups in total. The first kappa shape index (κ1) is 29.3. The van der Waals surface area contributed by atoms with E-state index in [9.17, 15) is 18.8 Å². The van der Waals surface area contributed by atoms with Gasteiger partial charge in [-0.05, 0) is 24.3 Å². The molecule has 2 aromatic rings. The minimum absolute atomic E-state index is 0.0173. The number of amides is 3. The summed E-state index contributed by atoms with van der Waals surface area (Å²) < 4.78 is 21.5. The second-order valence-corrected chi connectivity index (χ2v) is 9.96. The molecule has 13 nitrogen and oxygen atoms in total. The van der Waals surface area contributed by atoms with E-state index in [1.54, 1.807) is 26.8 Å². The van der Waals surface area contributed by atoms with Crippen molar-refractivity contribution in [3.05, 3.63) is 29.7 Å². The lowest BCUT2D eigenvalue weighted by atomic mass is 9.86. The number of aryl methyl sites for hydroxylation is 1. The van der Waals surface area contributed by atoms with Gasteiger partial charge in [0.05, 0.1) is 19.2 Å². The number of ether oxygens (including phenoxy) is 1. The number of aliphatic hydroxyl groups is 1. The van der Waals surface area contributed by atoms with Crippen LogP contribution < -0.4 is 21.4 Å². The second kappa shape index (κ2) is 13.0. The normalized spacial score (nSPS) is 15.5. The SMILES string of the molecule is CC(C)(C)C(NC(=O)c1nn(CCCCC#N)c2c(F)cccc12)C(=O)NCC1=NNC(C(=O)NCCO)O1. The minimum atomic E-state index is -1.09. The number of fused-ring (bicyclic) bond motifs is 1. The Morgan fingerprint density at radius 3 is 2.74 bits per heavy atom. The lowest BCUT2D eigenvalue weighted by Crippen LogP contribution is -2.54. The van der Waals surface area contributed by atoms with E-state index in [0.29, 0.717) is 31.2 Å². The molecule has 210 valence electrons. The van der Waals surface area contributed by atoms with Crippen LogP contribution in [0.2, 0.25) is 0 Å². The summed E-state index contributed by atoms with van der Waals surface area (Å²) in [4.78, 5) is 38.4. The lowest BCUT2D eigenvalue weighted by molar-refractivity contribution is -0.129. The third-order valence-electron chi connectivity index (χ3n) is 5.87. The summed E-state index contributed by atoms with van der Waals surface area (Å²) in [6.07, 6.45) is 0.462. The summed E-state index contributed by atoms with van der Waals surface area (Å²) in [6.45, 7) is 5.33. The number of carbonyl (C=O) groups is 3. The molecule has 0 saturated heterocycles. The molecule has 0 radical (unpaired) electrons. The zero-order chi connectivity index (χ0) is 28.6. The summed E-state index contributed by atoms with van der Waals surface area (Å²) in [5.74, 6) is -2.17. The fourth-order valence-electron chi connectivity index (χ4n) is 3.91. The predicted molar refractivity (Wildman–Crippen MR) is 138 cm³/mol. The van der Waals surface area contributed by atoms with Crippen LogP contribution in [0.15, 0.2) is 23.3 Å². The maximum atomic E-state index is 14.7. The molecule has 2 unspecified atom stereocenters. The van der Waals surface area contributed by atoms with Crippen molar-refractivity contribution >= 4 is 34.5 Å². The average Bonchev–Trinajstić information content (AvgIpc) is 3.52. The van der Waals surface area contributed by atoms with Gasteiger partial charge in [0.2, 0.25) is 11.8 Å². The van der Waals surface area contributed by atoms with Gasteiger partial charge in [-0.2, -0.15) is 10.4 Å². The molecule has 2 heterocycles. The maximum Gasteiger partial charge on any atom is 0.284 e. The van der Waals surface area contributed by atoms with Crippen LogP contribution in [0, 0.1) is 22.6 Å². The number of aromatic nitrogens is 2. The number of nitrogens with one attached hydrogen (secondary N) is 4. The number of unbranched alkanes of at least 4 members (excludes halogenated alkanes) is 2. The Hall–Kier alpha value is -4.25. The number of hydrogen-bond acceptors (Lipinski definition) is 9. The number of hydrogen-bond donors (Lipinski definition) is 5. The third-order valence-corrected chi connectivity index (χ3v) is 5.87. The molecule has 14 heteroatoms. The number of para-hydroxylation sites is 1.